The average molecular weight is 163 g/mol. The summed E-state index contributed by atoms with van der Waals surface area (Å²) in [6.45, 7) is 1.94. The predicted octanol–water partition coefficient (Wildman–Crippen LogP) is 0.139. The molecule has 2 atom stereocenters. The Labute approximate surface area is 71.8 Å². The highest BCUT2D eigenvalue weighted by Crippen LogP contribution is 2.31. The first-order valence-electron chi connectivity index (χ1n) is 4.11. The fourth-order valence-electron chi connectivity index (χ4n) is 1.71. The minimum atomic E-state index is -0.448. The van der Waals surface area contributed by atoms with Gasteiger partial charge in [-0.25, -0.2) is 0 Å². The second kappa shape index (κ2) is 2.28. The summed E-state index contributed by atoms with van der Waals surface area (Å²) in [6.07, 6.45) is 2.61. The molecule has 1 unspecified atom stereocenters. The van der Waals surface area contributed by atoms with E-state index in [1.807, 2.05) is 19.1 Å². The molecule has 0 bridgehead atoms. The first-order valence-corrected chi connectivity index (χ1v) is 4.11. The number of nitrogens with zero attached hydrogens (tertiary/aromatic N) is 1. The smallest absolute Gasteiger partial charge is 0.0714 e. The lowest BCUT2D eigenvalue weighted by atomic mass is 9.97. The zero-order valence-electron chi connectivity index (χ0n) is 7.12. The van der Waals surface area contributed by atoms with Gasteiger partial charge >= 0.3 is 0 Å². The van der Waals surface area contributed by atoms with Gasteiger partial charge < -0.3 is 11.5 Å². The summed E-state index contributed by atoms with van der Waals surface area (Å²) in [7, 11) is 0. The molecule has 1 heterocycles. The van der Waals surface area contributed by atoms with Crippen LogP contribution in [0.5, 0.6) is 0 Å². The molecule has 0 saturated carbocycles. The maximum atomic E-state index is 6.05. The Morgan fingerprint density at radius 3 is 3.08 bits per heavy atom. The number of fused-ring (bicyclic) bond motifs is 1. The summed E-state index contributed by atoms with van der Waals surface area (Å²) in [5.41, 5.74) is 13.6. The zero-order valence-corrected chi connectivity index (χ0v) is 7.12. The number of hydrogen-bond donors (Lipinski definition) is 2. The summed E-state index contributed by atoms with van der Waals surface area (Å²) in [6, 6.07) is 3.97. The van der Waals surface area contributed by atoms with Gasteiger partial charge in [-0.3, -0.25) is 4.98 Å². The summed E-state index contributed by atoms with van der Waals surface area (Å²) in [5.74, 6) is 0. The Hall–Kier alpha value is -0.930. The molecule has 3 heteroatoms. The quantitative estimate of drug-likeness (QED) is 0.571. The molecule has 2 rings (SSSR count). The van der Waals surface area contributed by atoms with Gasteiger partial charge in [0.2, 0.25) is 0 Å². The van der Waals surface area contributed by atoms with Gasteiger partial charge in [-0.2, -0.15) is 0 Å². The molecule has 12 heavy (non-hydrogen) atoms. The van der Waals surface area contributed by atoms with Crippen molar-refractivity contribution in [2.75, 3.05) is 0 Å². The highest BCUT2D eigenvalue weighted by molar-refractivity contribution is 5.34. The number of rotatable bonds is 0. The van der Waals surface area contributed by atoms with Crippen LogP contribution in [0.2, 0.25) is 0 Å². The largest absolute Gasteiger partial charge is 0.325 e. The van der Waals surface area contributed by atoms with Crippen molar-refractivity contribution < 1.29 is 0 Å². The van der Waals surface area contributed by atoms with Gasteiger partial charge in [0.1, 0.15) is 0 Å². The standard InChI is InChI=1S/C9H13N3/c1-9(11)7(10)5-6-3-2-4-12-8(6)9/h2-4,7H,5,10-11H2,1H3/t7-,9?/m1/s1. The van der Waals surface area contributed by atoms with Gasteiger partial charge in [0.25, 0.3) is 0 Å². The Morgan fingerprint density at radius 1 is 1.67 bits per heavy atom. The Morgan fingerprint density at radius 2 is 2.42 bits per heavy atom. The highest BCUT2D eigenvalue weighted by Gasteiger charge is 2.38. The second-order valence-electron chi connectivity index (χ2n) is 3.60. The van der Waals surface area contributed by atoms with Crippen molar-refractivity contribution in [3.05, 3.63) is 29.6 Å². The van der Waals surface area contributed by atoms with Crippen LogP contribution in [-0.2, 0) is 12.0 Å². The lowest BCUT2D eigenvalue weighted by molar-refractivity contribution is 0.412. The maximum Gasteiger partial charge on any atom is 0.0714 e. The van der Waals surface area contributed by atoms with Crippen molar-refractivity contribution in [1.29, 1.82) is 0 Å². The normalized spacial score (nSPS) is 33.4. The van der Waals surface area contributed by atoms with Crippen LogP contribution in [0.15, 0.2) is 18.3 Å². The minimum Gasteiger partial charge on any atom is -0.325 e. The zero-order chi connectivity index (χ0) is 8.77. The van der Waals surface area contributed by atoms with Gasteiger partial charge in [0.05, 0.1) is 11.2 Å². The molecule has 0 aromatic carbocycles. The molecular weight excluding hydrogens is 150 g/mol. The summed E-state index contributed by atoms with van der Waals surface area (Å²) < 4.78 is 0. The molecular formula is C9H13N3. The van der Waals surface area contributed by atoms with Gasteiger partial charge in [-0.15, -0.1) is 0 Å². The van der Waals surface area contributed by atoms with E-state index in [1.54, 1.807) is 6.20 Å². The maximum absolute atomic E-state index is 6.05. The second-order valence-corrected chi connectivity index (χ2v) is 3.60. The number of hydrogen-bond acceptors (Lipinski definition) is 3. The molecule has 1 aliphatic rings. The van der Waals surface area contributed by atoms with Crippen LogP contribution in [-0.4, -0.2) is 11.0 Å². The van der Waals surface area contributed by atoms with Crippen LogP contribution in [0, 0.1) is 0 Å². The molecule has 1 aromatic rings. The lowest BCUT2D eigenvalue weighted by Crippen LogP contribution is -2.47. The van der Waals surface area contributed by atoms with Gasteiger partial charge in [0, 0.05) is 12.2 Å². The molecule has 0 amide bonds. The summed E-state index contributed by atoms with van der Waals surface area (Å²) in [5, 5.41) is 0. The van der Waals surface area contributed by atoms with E-state index in [9.17, 15) is 0 Å². The van der Waals surface area contributed by atoms with Crippen LogP contribution in [0.4, 0.5) is 0 Å². The third-order valence-corrected chi connectivity index (χ3v) is 2.61. The fourth-order valence-corrected chi connectivity index (χ4v) is 1.71. The Balaban J connectivity index is 2.55. The van der Waals surface area contributed by atoms with Crippen molar-refractivity contribution in [3.8, 4) is 0 Å². The third kappa shape index (κ3) is 0.869. The summed E-state index contributed by atoms with van der Waals surface area (Å²) in [4.78, 5) is 4.26. The van der Waals surface area contributed by atoms with Crippen LogP contribution < -0.4 is 11.5 Å². The van der Waals surface area contributed by atoms with E-state index >= 15 is 0 Å². The molecule has 1 aliphatic carbocycles. The lowest BCUT2D eigenvalue weighted by Gasteiger charge is -2.23. The van der Waals surface area contributed by atoms with Crippen molar-refractivity contribution in [1.82, 2.24) is 4.98 Å². The van der Waals surface area contributed by atoms with Crippen LogP contribution in [0.3, 0.4) is 0 Å². The average Bonchev–Trinajstić information content (AvgIpc) is 2.25. The predicted molar refractivity (Wildman–Crippen MR) is 47.5 cm³/mol. The molecule has 0 spiro atoms. The van der Waals surface area contributed by atoms with Crippen LogP contribution in [0.1, 0.15) is 18.2 Å². The molecule has 4 N–H and O–H groups in total. The van der Waals surface area contributed by atoms with Crippen molar-refractivity contribution in [3.63, 3.8) is 0 Å². The van der Waals surface area contributed by atoms with E-state index in [-0.39, 0.29) is 6.04 Å². The first-order chi connectivity index (χ1) is 5.62. The molecule has 0 radical (unpaired) electrons. The van der Waals surface area contributed by atoms with Crippen molar-refractivity contribution >= 4 is 0 Å². The minimum absolute atomic E-state index is 0.00222. The van der Waals surface area contributed by atoms with Gasteiger partial charge in [-0.1, -0.05) is 6.07 Å². The molecule has 0 aliphatic heterocycles. The first kappa shape index (κ1) is 7.71. The molecule has 0 fully saturated rings. The van der Waals surface area contributed by atoms with Crippen LogP contribution in [0.25, 0.3) is 0 Å². The van der Waals surface area contributed by atoms with E-state index in [4.69, 9.17) is 11.5 Å². The van der Waals surface area contributed by atoms with E-state index in [1.165, 1.54) is 5.56 Å². The van der Waals surface area contributed by atoms with Gasteiger partial charge in [0.15, 0.2) is 0 Å². The van der Waals surface area contributed by atoms with Crippen molar-refractivity contribution in [2.24, 2.45) is 11.5 Å². The summed E-state index contributed by atoms with van der Waals surface area (Å²) >= 11 is 0. The fraction of sp³-hybridized carbons (Fsp3) is 0.444. The monoisotopic (exact) mass is 163 g/mol. The topological polar surface area (TPSA) is 64.9 Å². The third-order valence-electron chi connectivity index (χ3n) is 2.61. The number of nitrogens with two attached hydrogens (primary N) is 2. The van der Waals surface area contributed by atoms with E-state index in [2.05, 4.69) is 4.98 Å². The van der Waals surface area contributed by atoms with E-state index < -0.39 is 5.54 Å². The molecule has 1 aromatic heterocycles. The van der Waals surface area contributed by atoms with E-state index in [0.717, 1.165) is 12.1 Å². The van der Waals surface area contributed by atoms with Gasteiger partial charge in [-0.05, 0) is 25.0 Å². The number of pyridine rings is 1. The molecule has 0 saturated heterocycles. The van der Waals surface area contributed by atoms with Crippen LogP contribution >= 0.6 is 0 Å². The Kier molecular flexibility index (Phi) is 1.46. The molecule has 3 nitrogen and oxygen atoms in total. The highest BCUT2D eigenvalue weighted by atomic mass is 14.9. The van der Waals surface area contributed by atoms with Crippen molar-refractivity contribution in [2.45, 2.75) is 24.9 Å². The number of aromatic nitrogens is 1. The van der Waals surface area contributed by atoms with E-state index in [0.29, 0.717) is 0 Å². The SMILES string of the molecule is CC1(N)c2ncccc2C[C@H]1N. The molecule has 64 valence electrons. The Bertz CT molecular complexity index is 306.